The van der Waals surface area contributed by atoms with Crippen LogP contribution in [0.5, 0.6) is 0 Å². The van der Waals surface area contributed by atoms with Gasteiger partial charge in [0.1, 0.15) is 0 Å². The summed E-state index contributed by atoms with van der Waals surface area (Å²) in [7, 11) is 3.50. The zero-order valence-corrected chi connectivity index (χ0v) is 21.8. The number of aryl methyl sites for hydroxylation is 2. The molecule has 3 heterocycles. The Kier molecular flexibility index (Phi) is 6.45. The molecule has 0 radical (unpaired) electrons. The minimum absolute atomic E-state index is 0.0111. The van der Waals surface area contributed by atoms with E-state index in [9.17, 15) is 9.59 Å². The van der Waals surface area contributed by atoms with Crippen LogP contribution in [0.2, 0.25) is 0 Å². The molecular weight excluding hydrogens is 550 g/mol. The summed E-state index contributed by atoms with van der Waals surface area (Å²) in [5, 5.41) is 4.39. The Balaban J connectivity index is 0.000000183. The average Bonchev–Trinajstić information content (AvgIpc) is 3.19. The second-order valence-electron chi connectivity index (χ2n) is 7.88. The Morgan fingerprint density at radius 2 is 1.58 bits per heavy atom. The first-order valence-corrected chi connectivity index (χ1v) is 11.9. The fourth-order valence-electron chi connectivity index (χ4n) is 3.91. The lowest BCUT2D eigenvalue weighted by atomic mass is 10.2. The highest BCUT2D eigenvalue weighted by Crippen LogP contribution is 2.24. The molecule has 0 spiro atoms. The molecule has 0 aliphatic rings. The number of benzene rings is 2. The monoisotopic (exact) mass is 571 g/mol. The van der Waals surface area contributed by atoms with Crippen LogP contribution in [-0.4, -0.2) is 24.1 Å². The van der Waals surface area contributed by atoms with Crippen LogP contribution in [0.15, 0.2) is 73.1 Å². The molecule has 170 valence electrons. The van der Waals surface area contributed by atoms with Crippen molar-refractivity contribution in [1.82, 2.24) is 24.1 Å². The first kappa shape index (κ1) is 23.3. The van der Waals surface area contributed by atoms with E-state index < -0.39 is 0 Å². The second kappa shape index (κ2) is 9.15. The summed E-state index contributed by atoms with van der Waals surface area (Å²) >= 11 is 6.81. The number of nitrogens with one attached hydrogen (secondary N) is 1. The number of hydrogen-bond donors (Lipinski definition) is 1. The van der Waals surface area contributed by atoms with Crippen molar-refractivity contribution >= 4 is 53.7 Å². The predicted octanol–water partition coefficient (Wildman–Crippen LogP) is 5.04. The lowest BCUT2D eigenvalue weighted by Gasteiger charge is -2.17. The maximum atomic E-state index is 12.4. The second-order valence-corrected chi connectivity index (χ2v) is 9.71. The van der Waals surface area contributed by atoms with E-state index in [1.165, 1.54) is 4.68 Å². The lowest BCUT2D eigenvalue weighted by molar-refractivity contribution is 0.472. The number of nitrogens with zero attached hydrogens (tertiary/aromatic N) is 4. The van der Waals surface area contributed by atoms with Crippen LogP contribution in [0, 0.1) is 6.92 Å². The van der Waals surface area contributed by atoms with Crippen molar-refractivity contribution < 1.29 is 0 Å². The molecule has 1 unspecified atom stereocenters. The van der Waals surface area contributed by atoms with Crippen LogP contribution in [0.25, 0.3) is 21.8 Å². The number of hydrogen-bond acceptors (Lipinski definition) is 3. The number of aromatic amines is 1. The molecule has 5 rings (SSSR count). The van der Waals surface area contributed by atoms with E-state index in [1.54, 1.807) is 24.8 Å². The van der Waals surface area contributed by atoms with Gasteiger partial charge in [-0.05, 0) is 62.4 Å². The topological polar surface area (TPSA) is 77.6 Å². The van der Waals surface area contributed by atoms with Gasteiger partial charge < -0.3 is 0 Å². The fourth-order valence-corrected chi connectivity index (χ4v) is 4.62. The summed E-state index contributed by atoms with van der Waals surface area (Å²) < 4.78 is 7.04. The normalized spacial score (nSPS) is 12.1. The molecule has 5 aromatic rings. The molecule has 0 bridgehead atoms. The van der Waals surface area contributed by atoms with Crippen LogP contribution in [0.1, 0.15) is 24.4 Å². The molecule has 7 nitrogen and oxygen atoms in total. The molecule has 1 atom stereocenters. The van der Waals surface area contributed by atoms with Crippen molar-refractivity contribution in [3.8, 4) is 0 Å². The van der Waals surface area contributed by atoms with Crippen LogP contribution in [0.3, 0.4) is 0 Å². The van der Waals surface area contributed by atoms with Crippen molar-refractivity contribution in [2.45, 2.75) is 19.9 Å². The van der Waals surface area contributed by atoms with Gasteiger partial charge in [-0.3, -0.25) is 33.7 Å². The van der Waals surface area contributed by atoms with E-state index in [-0.39, 0.29) is 17.2 Å². The van der Waals surface area contributed by atoms with Crippen molar-refractivity contribution in [2.24, 2.45) is 14.1 Å². The highest BCUT2D eigenvalue weighted by molar-refractivity contribution is 9.10. The summed E-state index contributed by atoms with van der Waals surface area (Å²) in [6, 6.07) is 17.2. The Labute approximate surface area is 206 Å². The third kappa shape index (κ3) is 4.47. The van der Waals surface area contributed by atoms with Crippen molar-refractivity contribution in [1.29, 1.82) is 0 Å². The van der Waals surface area contributed by atoms with Gasteiger partial charge in [0.05, 0.1) is 33.5 Å². The fraction of sp³-hybridized carbons (Fsp3) is 0.208. The summed E-state index contributed by atoms with van der Waals surface area (Å²) in [5.74, 6) is 0. The smallest absolute Gasteiger partial charge is 0.274 e. The maximum absolute atomic E-state index is 12.4. The van der Waals surface area contributed by atoms with E-state index in [2.05, 4.69) is 48.9 Å². The molecule has 9 heteroatoms. The summed E-state index contributed by atoms with van der Waals surface area (Å²) in [4.78, 5) is 28.3. The van der Waals surface area contributed by atoms with Gasteiger partial charge in [-0.15, -0.1) is 0 Å². The van der Waals surface area contributed by atoms with Gasteiger partial charge in [-0.2, -0.15) is 0 Å². The van der Waals surface area contributed by atoms with Crippen molar-refractivity contribution in [3.05, 3.63) is 95.6 Å². The van der Waals surface area contributed by atoms with Crippen molar-refractivity contribution in [2.75, 3.05) is 0 Å². The summed E-state index contributed by atoms with van der Waals surface area (Å²) in [6.45, 7) is 4.03. The quantitative estimate of drug-likeness (QED) is 0.322. The number of H-pyrrole nitrogens is 1. The van der Waals surface area contributed by atoms with Gasteiger partial charge in [-0.25, -0.2) is 0 Å². The molecule has 0 aliphatic carbocycles. The third-order valence-electron chi connectivity index (χ3n) is 5.56. The van der Waals surface area contributed by atoms with E-state index >= 15 is 0 Å². The van der Waals surface area contributed by atoms with Gasteiger partial charge in [-0.1, -0.05) is 37.9 Å². The molecular formula is C24H23Br2N5O2. The maximum Gasteiger partial charge on any atom is 0.274 e. The zero-order valence-electron chi connectivity index (χ0n) is 18.6. The average molecular weight is 573 g/mol. The zero-order chi connectivity index (χ0) is 23.9. The molecule has 2 aromatic carbocycles. The third-order valence-corrected chi connectivity index (χ3v) is 6.55. The van der Waals surface area contributed by atoms with Gasteiger partial charge in [0.2, 0.25) is 0 Å². The molecule has 0 fully saturated rings. The molecule has 1 N–H and O–H groups in total. The SMILES string of the molecule is Cc1cccc(C(C)n2c3cc(Br)ccc3c(=O)n2C)n1.Cn1[nH]c2cc(Br)ccc2c1=O. The Bertz CT molecular complexity index is 1590. The number of aromatic nitrogens is 5. The summed E-state index contributed by atoms with van der Waals surface area (Å²) in [5.41, 5.74) is 3.71. The number of rotatable bonds is 2. The number of fused-ring (bicyclic) bond motifs is 2. The molecule has 33 heavy (non-hydrogen) atoms. The van der Waals surface area contributed by atoms with Gasteiger partial charge in [0.25, 0.3) is 11.1 Å². The number of halogens is 2. The highest BCUT2D eigenvalue weighted by Gasteiger charge is 2.18. The Morgan fingerprint density at radius 3 is 2.27 bits per heavy atom. The molecule has 0 saturated carbocycles. The van der Waals surface area contributed by atoms with E-state index in [1.807, 2.05) is 60.1 Å². The minimum atomic E-state index is -0.0191. The number of pyridine rings is 1. The van der Waals surface area contributed by atoms with Crippen LogP contribution in [0.4, 0.5) is 0 Å². The highest BCUT2D eigenvalue weighted by atomic mass is 79.9. The van der Waals surface area contributed by atoms with E-state index in [0.717, 1.165) is 42.1 Å². The Morgan fingerprint density at radius 1 is 0.909 bits per heavy atom. The first-order chi connectivity index (χ1) is 15.7. The van der Waals surface area contributed by atoms with Crippen LogP contribution >= 0.6 is 31.9 Å². The van der Waals surface area contributed by atoms with Gasteiger partial charge in [0, 0.05) is 28.7 Å². The largest absolute Gasteiger partial charge is 0.295 e. The summed E-state index contributed by atoms with van der Waals surface area (Å²) in [6.07, 6.45) is 0. The first-order valence-electron chi connectivity index (χ1n) is 10.3. The lowest BCUT2D eigenvalue weighted by Crippen LogP contribution is -2.22. The minimum Gasteiger partial charge on any atom is -0.295 e. The molecule has 0 amide bonds. The van der Waals surface area contributed by atoms with Gasteiger partial charge in [0.15, 0.2) is 0 Å². The van der Waals surface area contributed by atoms with Gasteiger partial charge >= 0.3 is 0 Å². The van der Waals surface area contributed by atoms with E-state index in [0.29, 0.717) is 0 Å². The van der Waals surface area contributed by atoms with E-state index in [4.69, 9.17) is 0 Å². The molecule has 0 saturated heterocycles. The standard InChI is InChI=1S/C16H16BrN3O.C8H7BrN2O/c1-10-5-4-6-14(18-10)11(2)20-15-9-12(17)7-8-13(15)16(21)19(20)3;1-11-8(12)6-3-2-5(9)4-7(6)10-11/h4-9,11H,1-3H3;2-4,10H,1H3. The van der Waals surface area contributed by atoms with Crippen LogP contribution in [-0.2, 0) is 14.1 Å². The van der Waals surface area contributed by atoms with Crippen LogP contribution < -0.4 is 11.1 Å². The molecule has 0 aliphatic heterocycles. The molecule has 3 aromatic heterocycles. The predicted molar refractivity (Wildman–Crippen MR) is 139 cm³/mol. The van der Waals surface area contributed by atoms with Crippen molar-refractivity contribution in [3.63, 3.8) is 0 Å². The Hall–Kier alpha value is -2.91.